The van der Waals surface area contributed by atoms with Gasteiger partial charge in [0.2, 0.25) is 0 Å². The molecule has 120 valence electrons. The van der Waals surface area contributed by atoms with Crippen molar-refractivity contribution in [3.05, 3.63) is 59.2 Å². The Kier molecular flexibility index (Phi) is 4.81. The van der Waals surface area contributed by atoms with Crippen LogP contribution in [0, 0.1) is 0 Å². The highest BCUT2D eigenvalue weighted by molar-refractivity contribution is 5.77. The Hall–Kier alpha value is -2.49. The Morgan fingerprint density at radius 1 is 1.04 bits per heavy atom. The number of amides is 1. The SMILES string of the molecule is COc1ccc(CNC(=O)COc2ccc3c(c2)CCC3)cc1. The van der Waals surface area contributed by atoms with Gasteiger partial charge in [0.1, 0.15) is 11.5 Å². The molecular formula is C19H21NO3. The fraction of sp³-hybridized carbons (Fsp3) is 0.316. The van der Waals surface area contributed by atoms with Crippen LogP contribution in [0.15, 0.2) is 42.5 Å². The molecule has 1 amide bonds. The summed E-state index contributed by atoms with van der Waals surface area (Å²) in [6.07, 6.45) is 3.47. The van der Waals surface area contributed by atoms with E-state index in [9.17, 15) is 4.79 Å². The molecule has 0 aliphatic heterocycles. The lowest BCUT2D eigenvalue weighted by molar-refractivity contribution is -0.123. The van der Waals surface area contributed by atoms with Crippen molar-refractivity contribution in [2.24, 2.45) is 0 Å². The Morgan fingerprint density at radius 3 is 2.57 bits per heavy atom. The summed E-state index contributed by atoms with van der Waals surface area (Å²) in [5.74, 6) is 1.45. The number of rotatable bonds is 6. The van der Waals surface area contributed by atoms with E-state index < -0.39 is 0 Å². The maximum absolute atomic E-state index is 11.9. The van der Waals surface area contributed by atoms with Gasteiger partial charge in [-0.1, -0.05) is 18.2 Å². The van der Waals surface area contributed by atoms with Crippen LogP contribution in [0.4, 0.5) is 0 Å². The van der Waals surface area contributed by atoms with Crippen molar-refractivity contribution >= 4 is 5.91 Å². The minimum absolute atomic E-state index is 0.0366. The molecule has 0 aromatic heterocycles. The van der Waals surface area contributed by atoms with E-state index in [0.29, 0.717) is 6.54 Å². The van der Waals surface area contributed by atoms with Crippen LogP contribution in [0.5, 0.6) is 11.5 Å². The fourth-order valence-corrected chi connectivity index (χ4v) is 2.78. The standard InChI is InChI=1S/C19H21NO3/c1-22-17-8-5-14(6-9-17)12-20-19(21)13-23-18-10-7-15-3-2-4-16(15)11-18/h5-11H,2-4,12-13H2,1H3,(H,20,21). The van der Waals surface area contributed by atoms with Gasteiger partial charge in [-0.05, 0) is 60.2 Å². The minimum Gasteiger partial charge on any atom is -0.497 e. The molecule has 1 aliphatic rings. The molecule has 1 aliphatic carbocycles. The molecule has 1 N–H and O–H groups in total. The van der Waals surface area contributed by atoms with Gasteiger partial charge in [-0.3, -0.25) is 4.79 Å². The van der Waals surface area contributed by atoms with Crippen LogP contribution >= 0.6 is 0 Å². The smallest absolute Gasteiger partial charge is 0.258 e. The highest BCUT2D eigenvalue weighted by Crippen LogP contribution is 2.25. The number of carbonyl (C=O) groups excluding carboxylic acids is 1. The van der Waals surface area contributed by atoms with Gasteiger partial charge in [-0.25, -0.2) is 0 Å². The van der Waals surface area contributed by atoms with Crippen LogP contribution in [-0.4, -0.2) is 19.6 Å². The van der Waals surface area contributed by atoms with Crippen LogP contribution in [0.2, 0.25) is 0 Å². The molecule has 0 atom stereocenters. The number of benzene rings is 2. The Morgan fingerprint density at radius 2 is 1.78 bits per heavy atom. The van der Waals surface area contributed by atoms with Crippen molar-refractivity contribution in [3.63, 3.8) is 0 Å². The van der Waals surface area contributed by atoms with E-state index >= 15 is 0 Å². The van der Waals surface area contributed by atoms with E-state index in [1.807, 2.05) is 30.3 Å². The number of ether oxygens (including phenoxy) is 2. The van der Waals surface area contributed by atoms with Gasteiger partial charge in [0.15, 0.2) is 6.61 Å². The zero-order chi connectivity index (χ0) is 16.1. The summed E-state index contributed by atoms with van der Waals surface area (Å²) in [7, 11) is 1.63. The Bertz CT molecular complexity index is 680. The summed E-state index contributed by atoms with van der Waals surface area (Å²) >= 11 is 0. The van der Waals surface area contributed by atoms with Crippen molar-refractivity contribution in [3.8, 4) is 11.5 Å². The molecule has 2 aromatic rings. The summed E-state index contributed by atoms with van der Waals surface area (Å²) in [4.78, 5) is 11.9. The first-order valence-corrected chi connectivity index (χ1v) is 7.89. The first kappa shape index (κ1) is 15.4. The molecule has 0 saturated carbocycles. The zero-order valence-electron chi connectivity index (χ0n) is 13.3. The Labute approximate surface area is 136 Å². The Balaban J connectivity index is 1.45. The van der Waals surface area contributed by atoms with Crippen molar-refractivity contribution in [2.75, 3.05) is 13.7 Å². The van der Waals surface area contributed by atoms with E-state index in [1.165, 1.54) is 17.5 Å². The number of methoxy groups -OCH3 is 1. The van der Waals surface area contributed by atoms with E-state index in [-0.39, 0.29) is 12.5 Å². The van der Waals surface area contributed by atoms with Crippen molar-refractivity contribution in [1.29, 1.82) is 0 Å². The number of carbonyl (C=O) groups is 1. The minimum atomic E-state index is -0.124. The molecule has 0 spiro atoms. The number of fused-ring (bicyclic) bond motifs is 1. The molecule has 0 fully saturated rings. The normalized spacial score (nSPS) is 12.6. The average molecular weight is 311 g/mol. The summed E-state index contributed by atoms with van der Waals surface area (Å²) in [5, 5.41) is 2.85. The van der Waals surface area contributed by atoms with E-state index in [2.05, 4.69) is 17.4 Å². The second kappa shape index (κ2) is 7.18. The molecule has 0 saturated heterocycles. The highest BCUT2D eigenvalue weighted by Gasteiger charge is 2.11. The van der Waals surface area contributed by atoms with E-state index in [0.717, 1.165) is 29.9 Å². The molecule has 4 nitrogen and oxygen atoms in total. The maximum atomic E-state index is 11.9. The third-order valence-electron chi connectivity index (χ3n) is 4.09. The van der Waals surface area contributed by atoms with Crippen LogP contribution in [0.3, 0.4) is 0 Å². The first-order chi connectivity index (χ1) is 11.2. The van der Waals surface area contributed by atoms with Crippen LogP contribution in [-0.2, 0) is 24.2 Å². The summed E-state index contributed by atoms with van der Waals surface area (Å²) < 4.78 is 10.7. The van der Waals surface area contributed by atoms with Gasteiger partial charge in [-0.15, -0.1) is 0 Å². The molecule has 4 heteroatoms. The zero-order valence-corrected chi connectivity index (χ0v) is 13.3. The topological polar surface area (TPSA) is 47.6 Å². The number of nitrogens with one attached hydrogen (secondary N) is 1. The van der Waals surface area contributed by atoms with Crippen LogP contribution < -0.4 is 14.8 Å². The summed E-state index contributed by atoms with van der Waals surface area (Å²) in [6, 6.07) is 13.7. The lowest BCUT2D eigenvalue weighted by Gasteiger charge is -2.09. The van der Waals surface area contributed by atoms with Gasteiger partial charge in [-0.2, -0.15) is 0 Å². The monoisotopic (exact) mass is 311 g/mol. The lowest BCUT2D eigenvalue weighted by atomic mass is 10.1. The van der Waals surface area contributed by atoms with Gasteiger partial charge < -0.3 is 14.8 Å². The molecule has 0 radical (unpaired) electrons. The second-order valence-corrected chi connectivity index (χ2v) is 5.70. The quantitative estimate of drug-likeness (QED) is 0.892. The molecular weight excluding hydrogens is 290 g/mol. The number of hydrogen-bond donors (Lipinski definition) is 1. The fourth-order valence-electron chi connectivity index (χ4n) is 2.78. The number of aryl methyl sites for hydroxylation is 2. The molecule has 23 heavy (non-hydrogen) atoms. The second-order valence-electron chi connectivity index (χ2n) is 5.70. The number of hydrogen-bond acceptors (Lipinski definition) is 3. The van der Waals surface area contributed by atoms with Gasteiger partial charge in [0.05, 0.1) is 7.11 Å². The van der Waals surface area contributed by atoms with Gasteiger partial charge in [0.25, 0.3) is 5.91 Å². The lowest BCUT2D eigenvalue weighted by Crippen LogP contribution is -2.28. The van der Waals surface area contributed by atoms with Crippen molar-refractivity contribution in [1.82, 2.24) is 5.32 Å². The van der Waals surface area contributed by atoms with Crippen molar-refractivity contribution in [2.45, 2.75) is 25.8 Å². The largest absolute Gasteiger partial charge is 0.497 e. The van der Waals surface area contributed by atoms with E-state index in [4.69, 9.17) is 9.47 Å². The molecule has 2 aromatic carbocycles. The van der Waals surface area contributed by atoms with Crippen LogP contribution in [0.25, 0.3) is 0 Å². The molecule has 0 heterocycles. The third kappa shape index (κ3) is 4.03. The van der Waals surface area contributed by atoms with Crippen molar-refractivity contribution < 1.29 is 14.3 Å². The predicted octanol–water partition coefficient (Wildman–Crippen LogP) is 2.88. The third-order valence-corrected chi connectivity index (χ3v) is 4.09. The molecule has 0 unspecified atom stereocenters. The summed E-state index contributed by atoms with van der Waals surface area (Å²) in [5.41, 5.74) is 3.78. The molecule has 3 rings (SSSR count). The average Bonchev–Trinajstić information content (AvgIpc) is 3.06. The maximum Gasteiger partial charge on any atom is 0.258 e. The first-order valence-electron chi connectivity index (χ1n) is 7.89. The van der Waals surface area contributed by atoms with Gasteiger partial charge >= 0.3 is 0 Å². The summed E-state index contributed by atoms with van der Waals surface area (Å²) in [6.45, 7) is 0.519. The predicted molar refractivity (Wildman–Crippen MR) is 88.8 cm³/mol. The van der Waals surface area contributed by atoms with E-state index in [1.54, 1.807) is 7.11 Å². The van der Waals surface area contributed by atoms with Gasteiger partial charge in [0, 0.05) is 6.54 Å². The molecule has 0 bridgehead atoms. The highest BCUT2D eigenvalue weighted by atomic mass is 16.5. The van der Waals surface area contributed by atoms with Crippen LogP contribution in [0.1, 0.15) is 23.1 Å².